The Morgan fingerprint density at radius 1 is 1.06 bits per heavy atom. The van der Waals surface area contributed by atoms with E-state index in [9.17, 15) is 34.6 Å². The monoisotopic (exact) mass is 490 g/mol. The van der Waals surface area contributed by atoms with E-state index in [1.54, 1.807) is 18.7 Å². The van der Waals surface area contributed by atoms with Crippen molar-refractivity contribution in [2.75, 3.05) is 25.0 Å². The molecule has 1 aromatic heterocycles. The summed E-state index contributed by atoms with van der Waals surface area (Å²) in [6.45, 7) is 4.43. The lowest BCUT2D eigenvalue weighted by Crippen LogP contribution is -2.35. The number of hydrogen-bond acceptors (Lipinski definition) is 9. The summed E-state index contributed by atoms with van der Waals surface area (Å²) in [6, 6.07) is 2.53. The largest absolute Gasteiger partial charge is 0.462 e. The number of nitrogens with one attached hydrogen (secondary N) is 1. The van der Waals surface area contributed by atoms with Crippen LogP contribution in [0.15, 0.2) is 18.2 Å². The van der Waals surface area contributed by atoms with Gasteiger partial charge in [0.05, 0.1) is 38.5 Å². The summed E-state index contributed by atoms with van der Waals surface area (Å²) >= 11 is 0.894. The van der Waals surface area contributed by atoms with Gasteiger partial charge in [-0.05, 0) is 38.7 Å². The molecule has 0 saturated carbocycles. The minimum atomic E-state index is -0.907. The molecule has 0 radical (unpaired) electrons. The number of non-ortho nitro benzene ring substituents is 2. The zero-order chi connectivity index (χ0) is 25.0. The number of amides is 2. The van der Waals surface area contributed by atoms with E-state index in [1.807, 2.05) is 0 Å². The molecule has 1 aromatic carbocycles. The molecule has 2 amide bonds. The first kappa shape index (κ1) is 24.8. The summed E-state index contributed by atoms with van der Waals surface area (Å²) in [6.07, 6.45) is 2.77. The molecule has 1 aliphatic heterocycles. The first-order valence-electron chi connectivity index (χ1n) is 10.5. The Balaban J connectivity index is 2.00. The van der Waals surface area contributed by atoms with Crippen LogP contribution in [0.1, 0.15) is 62.1 Å². The van der Waals surface area contributed by atoms with E-state index in [-0.39, 0.29) is 33.5 Å². The van der Waals surface area contributed by atoms with E-state index in [0.29, 0.717) is 18.7 Å². The van der Waals surface area contributed by atoms with Crippen LogP contribution in [0.3, 0.4) is 0 Å². The molecule has 13 heteroatoms. The van der Waals surface area contributed by atoms with E-state index in [1.165, 1.54) is 0 Å². The number of piperidine rings is 1. The second-order valence-corrected chi connectivity index (χ2v) is 8.56. The van der Waals surface area contributed by atoms with Crippen molar-refractivity contribution in [1.29, 1.82) is 0 Å². The molecule has 1 N–H and O–H groups in total. The third-order valence-electron chi connectivity index (χ3n) is 5.28. The van der Waals surface area contributed by atoms with Crippen LogP contribution in [-0.4, -0.2) is 52.2 Å². The van der Waals surface area contributed by atoms with Crippen molar-refractivity contribution in [2.45, 2.75) is 33.1 Å². The summed E-state index contributed by atoms with van der Waals surface area (Å²) in [5, 5.41) is 24.8. The number of thiophene rings is 1. The van der Waals surface area contributed by atoms with Gasteiger partial charge < -0.3 is 15.0 Å². The fraction of sp³-hybridized carbons (Fsp3) is 0.381. The Kier molecular flexibility index (Phi) is 7.56. The van der Waals surface area contributed by atoms with Crippen LogP contribution in [0, 0.1) is 27.2 Å². The quantitative estimate of drug-likeness (QED) is 0.347. The number of carbonyl (C=O) groups is 3. The van der Waals surface area contributed by atoms with Gasteiger partial charge in [0.25, 0.3) is 23.2 Å². The van der Waals surface area contributed by atoms with E-state index in [2.05, 4.69) is 5.32 Å². The normalized spacial score (nSPS) is 13.3. The van der Waals surface area contributed by atoms with Gasteiger partial charge in [0, 0.05) is 25.2 Å². The number of nitro groups is 2. The zero-order valence-corrected chi connectivity index (χ0v) is 19.3. The number of hydrogen-bond donors (Lipinski definition) is 1. The fourth-order valence-corrected chi connectivity index (χ4v) is 4.77. The number of ether oxygens (including phenoxy) is 1. The maximum Gasteiger partial charge on any atom is 0.341 e. The number of esters is 1. The van der Waals surface area contributed by atoms with Gasteiger partial charge in [-0.2, -0.15) is 0 Å². The van der Waals surface area contributed by atoms with Crippen molar-refractivity contribution in [3.8, 4) is 0 Å². The molecular weight excluding hydrogens is 468 g/mol. The summed E-state index contributed by atoms with van der Waals surface area (Å²) < 4.78 is 5.09. The van der Waals surface area contributed by atoms with Crippen molar-refractivity contribution < 1.29 is 29.0 Å². The molecule has 0 spiro atoms. The van der Waals surface area contributed by atoms with Crippen LogP contribution in [0.4, 0.5) is 16.4 Å². The molecular formula is C21H22N4O8S. The smallest absolute Gasteiger partial charge is 0.341 e. The SMILES string of the molecule is CCOC(=O)c1c(NC(=O)c2cc([N+](=O)[O-])cc([N+](=O)[O-])c2)sc(C(=O)N2CCCCC2)c1C. The van der Waals surface area contributed by atoms with Gasteiger partial charge in [0.1, 0.15) is 5.00 Å². The zero-order valence-electron chi connectivity index (χ0n) is 18.5. The molecule has 180 valence electrons. The van der Waals surface area contributed by atoms with Crippen LogP contribution in [0.2, 0.25) is 0 Å². The molecule has 1 saturated heterocycles. The lowest BCUT2D eigenvalue weighted by atomic mass is 10.1. The van der Waals surface area contributed by atoms with Gasteiger partial charge in [-0.15, -0.1) is 11.3 Å². The molecule has 0 aliphatic carbocycles. The average Bonchev–Trinajstić information content (AvgIpc) is 3.14. The van der Waals surface area contributed by atoms with Crippen LogP contribution >= 0.6 is 11.3 Å². The summed E-state index contributed by atoms with van der Waals surface area (Å²) in [7, 11) is 0. The van der Waals surface area contributed by atoms with Gasteiger partial charge in [0.15, 0.2) is 0 Å². The highest BCUT2D eigenvalue weighted by atomic mass is 32.1. The minimum absolute atomic E-state index is 0.000454. The molecule has 3 rings (SSSR count). The maximum atomic E-state index is 13.1. The van der Waals surface area contributed by atoms with Crippen molar-refractivity contribution in [3.05, 3.63) is 60.0 Å². The molecule has 0 atom stereocenters. The van der Waals surface area contributed by atoms with E-state index < -0.39 is 33.1 Å². The number of rotatable bonds is 7. The fourth-order valence-electron chi connectivity index (χ4n) is 3.61. The van der Waals surface area contributed by atoms with E-state index in [4.69, 9.17) is 4.74 Å². The lowest BCUT2D eigenvalue weighted by Gasteiger charge is -2.26. The van der Waals surface area contributed by atoms with Gasteiger partial charge in [-0.25, -0.2) is 4.79 Å². The number of benzene rings is 1. The predicted octanol–water partition coefficient (Wildman–Crippen LogP) is 3.93. The predicted molar refractivity (Wildman–Crippen MR) is 122 cm³/mol. The standard InChI is InChI=1S/C21H22N4O8S/c1-3-33-21(28)16-12(2)17(20(27)23-7-5-4-6-8-23)34-19(16)22-18(26)13-9-14(24(29)30)11-15(10-13)25(31)32/h9-11H,3-8H2,1-2H3,(H,22,26). The summed E-state index contributed by atoms with van der Waals surface area (Å²) in [4.78, 5) is 61.2. The van der Waals surface area contributed by atoms with Crippen molar-refractivity contribution in [3.63, 3.8) is 0 Å². The Labute approximate surface area is 197 Å². The second-order valence-electron chi connectivity index (χ2n) is 7.54. The Morgan fingerprint density at radius 3 is 2.18 bits per heavy atom. The Bertz CT molecular complexity index is 1140. The van der Waals surface area contributed by atoms with Gasteiger partial charge in [-0.3, -0.25) is 29.8 Å². The molecule has 2 heterocycles. The van der Waals surface area contributed by atoms with Crippen molar-refractivity contribution >= 4 is 45.5 Å². The van der Waals surface area contributed by atoms with E-state index >= 15 is 0 Å². The number of anilines is 1. The van der Waals surface area contributed by atoms with Crippen molar-refractivity contribution in [2.24, 2.45) is 0 Å². The van der Waals surface area contributed by atoms with Gasteiger partial charge in [0.2, 0.25) is 0 Å². The summed E-state index contributed by atoms with van der Waals surface area (Å²) in [5.41, 5.74) is -1.26. The van der Waals surface area contributed by atoms with Crippen molar-refractivity contribution in [1.82, 2.24) is 4.90 Å². The second kappa shape index (κ2) is 10.4. The van der Waals surface area contributed by atoms with Crippen LogP contribution in [-0.2, 0) is 4.74 Å². The molecule has 2 aromatic rings. The topological polar surface area (TPSA) is 162 Å². The average molecular weight is 490 g/mol. The minimum Gasteiger partial charge on any atom is -0.462 e. The Hall–Kier alpha value is -3.87. The van der Waals surface area contributed by atoms with Gasteiger partial charge in [-0.1, -0.05) is 0 Å². The first-order valence-corrected chi connectivity index (χ1v) is 11.3. The van der Waals surface area contributed by atoms with Crippen LogP contribution < -0.4 is 5.32 Å². The Morgan fingerprint density at radius 2 is 1.65 bits per heavy atom. The molecule has 1 fully saturated rings. The summed E-state index contributed by atoms with van der Waals surface area (Å²) in [5.74, 6) is -1.91. The van der Waals surface area contributed by atoms with Crippen LogP contribution in [0.5, 0.6) is 0 Å². The number of likely N-dealkylation sites (tertiary alicyclic amines) is 1. The number of carbonyl (C=O) groups excluding carboxylic acids is 3. The number of nitrogens with zero attached hydrogens (tertiary/aromatic N) is 3. The van der Waals surface area contributed by atoms with Gasteiger partial charge >= 0.3 is 5.97 Å². The highest BCUT2D eigenvalue weighted by Crippen LogP contribution is 2.36. The first-order chi connectivity index (χ1) is 16.1. The van der Waals surface area contributed by atoms with E-state index in [0.717, 1.165) is 48.8 Å². The highest BCUT2D eigenvalue weighted by Gasteiger charge is 2.30. The molecule has 12 nitrogen and oxygen atoms in total. The molecule has 34 heavy (non-hydrogen) atoms. The highest BCUT2D eigenvalue weighted by molar-refractivity contribution is 7.18. The third-order valence-corrected chi connectivity index (χ3v) is 6.47. The van der Waals surface area contributed by atoms with Crippen LogP contribution in [0.25, 0.3) is 0 Å². The lowest BCUT2D eigenvalue weighted by molar-refractivity contribution is -0.394. The maximum absolute atomic E-state index is 13.1. The third kappa shape index (κ3) is 5.20. The molecule has 0 bridgehead atoms. The number of nitro benzene ring substituents is 2. The molecule has 0 unspecified atom stereocenters. The molecule has 1 aliphatic rings.